The fourth-order valence-corrected chi connectivity index (χ4v) is 1.79. The van der Waals surface area contributed by atoms with Crippen LogP contribution < -0.4 is 5.32 Å². The molecular formula is C14H10ClFN2. The lowest BCUT2D eigenvalue weighted by molar-refractivity contribution is 0.624. The molecule has 0 bridgehead atoms. The van der Waals surface area contributed by atoms with Crippen LogP contribution >= 0.6 is 11.6 Å². The number of benzene rings is 2. The van der Waals surface area contributed by atoms with E-state index < -0.39 is 5.82 Å². The van der Waals surface area contributed by atoms with Gasteiger partial charge >= 0.3 is 0 Å². The van der Waals surface area contributed by atoms with Crippen LogP contribution in [0.25, 0.3) is 0 Å². The van der Waals surface area contributed by atoms with Crippen molar-refractivity contribution in [2.45, 2.75) is 6.92 Å². The molecule has 0 aromatic heterocycles. The van der Waals surface area contributed by atoms with Crippen LogP contribution in [-0.2, 0) is 0 Å². The summed E-state index contributed by atoms with van der Waals surface area (Å²) in [6.45, 7) is 1.93. The lowest BCUT2D eigenvalue weighted by atomic mass is 10.1. The molecule has 90 valence electrons. The molecule has 0 spiro atoms. The first-order valence-corrected chi connectivity index (χ1v) is 5.71. The van der Waals surface area contributed by atoms with Crippen molar-refractivity contribution in [2.75, 3.05) is 5.32 Å². The monoisotopic (exact) mass is 260 g/mol. The Bertz CT molecular complexity index is 632. The highest BCUT2D eigenvalue weighted by Gasteiger charge is 2.09. The van der Waals surface area contributed by atoms with Gasteiger partial charge in [0.2, 0.25) is 0 Å². The van der Waals surface area contributed by atoms with Crippen LogP contribution in [0.15, 0.2) is 36.4 Å². The Labute approximate surface area is 110 Å². The van der Waals surface area contributed by atoms with Gasteiger partial charge in [-0.3, -0.25) is 0 Å². The van der Waals surface area contributed by atoms with Crippen LogP contribution in [0.4, 0.5) is 15.8 Å². The number of halogens is 2. The molecular weight excluding hydrogens is 251 g/mol. The summed E-state index contributed by atoms with van der Waals surface area (Å²) in [7, 11) is 0. The molecule has 0 aliphatic heterocycles. The zero-order valence-corrected chi connectivity index (χ0v) is 10.4. The Balaban J connectivity index is 2.44. The molecule has 0 radical (unpaired) electrons. The predicted molar refractivity (Wildman–Crippen MR) is 70.6 cm³/mol. The van der Waals surface area contributed by atoms with Crippen molar-refractivity contribution < 1.29 is 4.39 Å². The second-order valence-electron chi connectivity index (χ2n) is 3.88. The fraction of sp³-hybridized carbons (Fsp3) is 0.0714. The Morgan fingerprint density at radius 1 is 1.22 bits per heavy atom. The Kier molecular flexibility index (Phi) is 3.50. The molecule has 1 N–H and O–H groups in total. The smallest absolute Gasteiger partial charge is 0.143 e. The van der Waals surface area contributed by atoms with Gasteiger partial charge in [0.15, 0.2) is 0 Å². The molecule has 0 unspecified atom stereocenters. The highest BCUT2D eigenvalue weighted by atomic mass is 35.5. The summed E-state index contributed by atoms with van der Waals surface area (Å²) in [6.07, 6.45) is 0. The van der Waals surface area contributed by atoms with E-state index in [9.17, 15) is 4.39 Å². The molecule has 0 saturated heterocycles. The Morgan fingerprint density at radius 2 is 2.00 bits per heavy atom. The molecule has 2 aromatic rings. The van der Waals surface area contributed by atoms with Crippen LogP contribution in [0.5, 0.6) is 0 Å². The van der Waals surface area contributed by atoms with Gasteiger partial charge in [-0.25, -0.2) is 4.39 Å². The summed E-state index contributed by atoms with van der Waals surface area (Å²) in [5.74, 6) is -0.550. The van der Waals surface area contributed by atoms with Crippen LogP contribution in [0, 0.1) is 24.1 Å². The van der Waals surface area contributed by atoms with Crippen molar-refractivity contribution in [1.29, 1.82) is 5.26 Å². The number of nitriles is 1. The van der Waals surface area contributed by atoms with Crippen LogP contribution in [0.1, 0.15) is 11.1 Å². The van der Waals surface area contributed by atoms with Crippen molar-refractivity contribution in [3.63, 3.8) is 0 Å². The van der Waals surface area contributed by atoms with Crippen LogP contribution in [0.2, 0.25) is 5.02 Å². The van der Waals surface area contributed by atoms with E-state index >= 15 is 0 Å². The molecule has 0 saturated carbocycles. The van der Waals surface area contributed by atoms with Gasteiger partial charge in [0.25, 0.3) is 0 Å². The molecule has 2 nitrogen and oxygen atoms in total. The van der Waals surface area contributed by atoms with Gasteiger partial charge in [-0.2, -0.15) is 5.26 Å². The van der Waals surface area contributed by atoms with Gasteiger partial charge in [0.1, 0.15) is 17.4 Å². The second kappa shape index (κ2) is 5.07. The molecule has 18 heavy (non-hydrogen) atoms. The molecule has 0 aliphatic rings. The minimum Gasteiger partial charge on any atom is -0.353 e. The quantitative estimate of drug-likeness (QED) is 0.869. The van der Waals surface area contributed by atoms with E-state index in [0.29, 0.717) is 16.4 Å². The third-order valence-electron chi connectivity index (χ3n) is 2.52. The molecule has 0 aliphatic carbocycles. The summed E-state index contributed by atoms with van der Waals surface area (Å²) >= 11 is 6.04. The largest absolute Gasteiger partial charge is 0.353 e. The van der Waals surface area contributed by atoms with Gasteiger partial charge in [-0.15, -0.1) is 0 Å². The normalized spacial score (nSPS) is 9.89. The predicted octanol–water partition coefficient (Wildman–Crippen LogP) is 4.40. The van der Waals surface area contributed by atoms with E-state index in [2.05, 4.69) is 5.32 Å². The molecule has 0 fully saturated rings. The molecule has 0 amide bonds. The Hall–Kier alpha value is -2.05. The van der Waals surface area contributed by atoms with E-state index in [1.54, 1.807) is 18.2 Å². The molecule has 2 rings (SSSR count). The van der Waals surface area contributed by atoms with Gasteiger partial charge < -0.3 is 5.32 Å². The SMILES string of the molecule is Cc1ccc(Cl)c(Nc2cccc(F)c2C#N)c1. The van der Waals surface area contributed by atoms with Crippen molar-refractivity contribution >= 4 is 23.0 Å². The number of nitrogens with zero attached hydrogens (tertiary/aromatic N) is 1. The van der Waals surface area contributed by atoms with E-state index in [0.717, 1.165) is 5.56 Å². The minimum absolute atomic E-state index is 0.0185. The summed E-state index contributed by atoms with van der Waals surface area (Å²) in [5, 5.41) is 12.4. The fourth-order valence-electron chi connectivity index (χ4n) is 1.62. The van der Waals surface area contributed by atoms with E-state index in [1.807, 2.05) is 25.1 Å². The zero-order chi connectivity index (χ0) is 13.1. The Morgan fingerprint density at radius 3 is 2.72 bits per heavy atom. The first kappa shape index (κ1) is 12.4. The van der Waals surface area contributed by atoms with Gasteiger partial charge in [-0.1, -0.05) is 23.7 Å². The number of aryl methyl sites for hydroxylation is 1. The first-order chi connectivity index (χ1) is 8.61. The van der Waals surface area contributed by atoms with Gasteiger partial charge in [0.05, 0.1) is 16.4 Å². The summed E-state index contributed by atoms with van der Waals surface area (Å²) in [4.78, 5) is 0. The minimum atomic E-state index is -0.550. The maximum atomic E-state index is 13.4. The van der Waals surface area contributed by atoms with Crippen LogP contribution in [0.3, 0.4) is 0 Å². The van der Waals surface area contributed by atoms with Crippen molar-refractivity contribution in [3.05, 3.63) is 58.4 Å². The number of nitrogens with one attached hydrogen (secondary N) is 1. The third kappa shape index (κ3) is 2.44. The molecule has 2 aromatic carbocycles. The highest BCUT2D eigenvalue weighted by Crippen LogP contribution is 2.28. The van der Waals surface area contributed by atoms with Crippen molar-refractivity contribution in [3.8, 4) is 6.07 Å². The lowest BCUT2D eigenvalue weighted by Gasteiger charge is -2.11. The second-order valence-corrected chi connectivity index (χ2v) is 4.29. The summed E-state index contributed by atoms with van der Waals surface area (Å²) in [6, 6.07) is 11.7. The third-order valence-corrected chi connectivity index (χ3v) is 2.85. The van der Waals surface area contributed by atoms with Crippen LogP contribution in [-0.4, -0.2) is 0 Å². The zero-order valence-electron chi connectivity index (χ0n) is 9.67. The molecule has 0 heterocycles. The maximum absolute atomic E-state index is 13.4. The van der Waals surface area contributed by atoms with Gasteiger partial charge in [-0.05, 0) is 36.8 Å². The molecule has 4 heteroatoms. The lowest BCUT2D eigenvalue weighted by Crippen LogP contribution is -1.97. The van der Waals surface area contributed by atoms with E-state index in [4.69, 9.17) is 16.9 Å². The van der Waals surface area contributed by atoms with E-state index in [-0.39, 0.29) is 5.56 Å². The van der Waals surface area contributed by atoms with Crippen molar-refractivity contribution in [1.82, 2.24) is 0 Å². The average Bonchev–Trinajstić information content (AvgIpc) is 2.34. The summed E-state index contributed by atoms with van der Waals surface area (Å²) < 4.78 is 13.4. The first-order valence-electron chi connectivity index (χ1n) is 5.33. The number of hydrogen-bond donors (Lipinski definition) is 1. The van der Waals surface area contributed by atoms with Gasteiger partial charge in [0, 0.05) is 0 Å². The number of anilines is 2. The average molecular weight is 261 g/mol. The van der Waals surface area contributed by atoms with Crippen molar-refractivity contribution in [2.24, 2.45) is 0 Å². The summed E-state index contributed by atoms with van der Waals surface area (Å²) in [5.41, 5.74) is 2.07. The van der Waals surface area contributed by atoms with E-state index in [1.165, 1.54) is 6.07 Å². The molecule has 0 atom stereocenters. The highest BCUT2D eigenvalue weighted by molar-refractivity contribution is 6.33. The topological polar surface area (TPSA) is 35.8 Å². The number of hydrogen-bond acceptors (Lipinski definition) is 2. The maximum Gasteiger partial charge on any atom is 0.143 e. The standard InChI is InChI=1S/C14H10ClFN2/c1-9-5-6-11(15)14(7-9)18-13-4-2-3-12(16)10(13)8-17/h2-7,18H,1H3. The number of rotatable bonds is 2.